The molecule has 3 amide bonds. The SMILES string of the molecule is Cc1cc(C(=O)Nc2nc3c(s2)CN(C(=O)Nc2ccccc2)CC3)no1. The average Bonchev–Trinajstić information content (AvgIpc) is 3.27. The molecule has 0 spiro atoms. The Bertz CT molecular complexity index is 982. The van der Waals surface area contributed by atoms with Gasteiger partial charge in [-0.3, -0.25) is 10.1 Å². The van der Waals surface area contributed by atoms with Gasteiger partial charge in [-0.2, -0.15) is 0 Å². The average molecular weight is 383 g/mol. The number of aryl methyl sites for hydroxylation is 1. The first-order valence-electron chi connectivity index (χ1n) is 8.43. The van der Waals surface area contributed by atoms with Crippen LogP contribution in [0.5, 0.6) is 0 Å². The van der Waals surface area contributed by atoms with Crippen LogP contribution in [0.4, 0.5) is 15.6 Å². The third kappa shape index (κ3) is 3.82. The van der Waals surface area contributed by atoms with E-state index in [1.165, 1.54) is 11.3 Å². The number of nitrogens with zero attached hydrogens (tertiary/aromatic N) is 3. The fourth-order valence-electron chi connectivity index (χ4n) is 2.78. The van der Waals surface area contributed by atoms with Crippen LogP contribution in [-0.2, 0) is 13.0 Å². The quantitative estimate of drug-likeness (QED) is 0.723. The van der Waals surface area contributed by atoms with Crippen molar-refractivity contribution >= 4 is 34.1 Å². The smallest absolute Gasteiger partial charge is 0.322 e. The lowest BCUT2D eigenvalue weighted by atomic mass is 10.2. The molecule has 4 rings (SSSR count). The first-order valence-corrected chi connectivity index (χ1v) is 9.24. The number of amides is 3. The number of rotatable bonds is 3. The van der Waals surface area contributed by atoms with E-state index in [0.717, 1.165) is 16.3 Å². The molecule has 0 saturated heterocycles. The summed E-state index contributed by atoms with van der Waals surface area (Å²) in [7, 11) is 0. The topological polar surface area (TPSA) is 100 Å². The standard InChI is InChI=1S/C18H17N5O3S/c1-11-9-14(22-26-11)16(24)21-17-20-13-7-8-23(10-15(13)27-17)18(25)19-12-5-3-2-4-6-12/h2-6,9H,7-8,10H2,1H3,(H,19,25)(H,20,21,24). The Hall–Kier alpha value is -3.20. The van der Waals surface area contributed by atoms with Gasteiger partial charge in [-0.25, -0.2) is 9.78 Å². The van der Waals surface area contributed by atoms with Crippen molar-refractivity contribution in [1.82, 2.24) is 15.0 Å². The van der Waals surface area contributed by atoms with Crippen LogP contribution in [-0.4, -0.2) is 33.5 Å². The predicted molar refractivity (Wildman–Crippen MR) is 101 cm³/mol. The summed E-state index contributed by atoms with van der Waals surface area (Å²) in [5, 5.41) is 9.82. The summed E-state index contributed by atoms with van der Waals surface area (Å²) in [6.45, 7) is 2.76. The lowest BCUT2D eigenvalue weighted by Crippen LogP contribution is -2.38. The number of urea groups is 1. The van der Waals surface area contributed by atoms with Gasteiger partial charge in [0.15, 0.2) is 10.8 Å². The summed E-state index contributed by atoms with van der Waals surface area (Å²) in [6.07, 6.45) is 0.646. The summed E-state index contributed by atoms with van der Waals surface area (Å²) in [5.74, 6) is 0.204. The van der Waals surface area contributed by atoms with Gasteiger partial charge in [0.25, 0.3) is 5.91 Å². The second-order valence-electron chi connectivity index (χ2n) is 6.13. The Morgan fingerprint density at radius 1 is 1.22 bits per heavy atom. The van der Waals surface area contributed by atoms with Crippen LogP contribution in [0.2, 0.25) is 0 Å². The molecular weight excluding hydrogens is 366 g/mol. The number of carbonyl (C=O) groups is 2. The Morgan fingerprint density at radius 2 is 2.04 bits per heavy atom. The minimum atomic E-state index is -0.364. The van der Waals surface area contributed by atoms with E-state index in [1.807, 2.05) is 30.3 Å². The van der Waals surface area contributed by atoms with Gasteiger partial charge in [0.2, 0.25) is 0 Å². The lowest BCUT2D eigenvalue weighted by Gasteiger charge is -2.26. The van der Waals surface area contributed by atoms with Crippen LogP contribution in [0.1, 0.15) is 26.8 Å². The molecule has 138 valence electrons. The molecule has 0 atom stereocenters. The zero-order valence-corrected chi connectivity index (χ0v) is 15.4. The number of benzene rings is 1. The minimum Gasteiger partial charge on any atom is -0.361 e. The van der Waals surface area contributed by atoms with Crippen molar-refractivity contribution in [3.8, 4) is 0 Å². The maximum Gasteiger partial charge on any atom is 0.322 e. The molecule has 8 nitrogen and oxygen atoms in total. The zero-order chi connectivity index (χ0) is 18.8. The van der Waals surface area contributed by atoms with Crippen LogP contribution in [0.3, 0.4) is 0 Å². The van der Waals surface area contributed by atoms with Gasteiger partial charge in [-0.15, -0.1) is 0 Å². The molecule has 0 unspecified atom stereocenters. The van der Waals surface area contributed by atoms with E-state index < -0.39 is 0 Å². The molecule has 1 aromatic carbocycles. The van der Waals surface area contributed by atoms with Crippen molar-refractivity contribution in [2.45, 2.75) is 19.9 Å². The molecule has 1 aliphatic rings. The van der Waals surface area contributed by atoms with Crippen LogP contribution < -0.4 is 10.6 Å². The van der Waals surface area contributed by atoms with E-state index in [2.05, 4.69) is 20.8 Å². The Morgan fingerprint density at radius 3 is 2.78 bits per heavy atom. The van der Waals surface area contributed by atoms with Crippen LogP contribution in [0, 0.1) is 6.92 Å². The van der Waals surface area contributed by atoms with Crippen molar-refractivity contribution < 1.29 is 14.1 Å². The molecule has 3 heterocycles. The number of hydrogen-bond donors (Lipinski definition) is 2. The Kier molecular flexibility index (Phi) is 4.59. The monoisotopic (exact) mass is 383 g/mol. The minimum absolute atomic E-state index is 0.149. The number of para-hydroxylation sites is 1. The molecule has 0 radical (unpaired) electrons. The summed E-state index contributed by atoms with van der Waals surface area (Å²) < 4.78 is 4.91. The highest BCUT2D eigenvalue weighted by molar-refractivity contribution is 7.15. The summed E-state index contributed by atoms with van der Waals surface area (Å²) >= 11 is 1.37. The highest BCUT2D eigenvalue weighted by Crippen LogP contribution is 2.29. The molecule has 0 fully saturated rings. The number of anilines is 2. The van der Waals surface area contributed by atoms with Gasteiger partial charge in [0.1, 0.15) is 5.76 Å². The largest absolute Gasteiger partial charge is 0.361 e. The van der Waals surface area contributed by atoms with Crippen molar-refractivity contribution in [2.75, 3.05) is 17.2 Å². The molecule has 0 aliphatic carbocycles. The first-order chi connectivity index (χ1) is 13.1. The second kappa shape index (κ2) is 7.20. The maximum atomic E-state index is 12.5. The molecule has 3 aromatic rings. The molecule has 27 heavy (non-hydrogen) atoms. The Labute approximate surface area is 159 Å². The predicted octanol–water partition coefficient (Wildman–Crippen LogP) is 3.28. The van der Waals surface area contributed by atoms with E-state index in [1.54, 1.807) is 17.9 Å². The number of carbonyl (C=O) groups excluding carboxylic acids is 2. The van der Waals surface area contributed by atoms with Crippen LogP contribution >= 0.6 is 11.3 Å². The molecular formula is C18H17N5O3S. The fraction of sp³-hybridized carbons (Fsp3) is 0.222. The van der Waals surface area contributed by atoms with E-state index in [4.69, 9.17) is 4.52 Å². The maximum absolute atomic E-state index is 12.5. The number of nitrogens with one attached hydrogen (secondary N) is 2. The van der Waals surface area contributed by atoms with E-state index in [9.17, 15) is 9.59 Å². The van der Waals surface area contributed by atoms with Gasteiger partial charge in [0, 0.05) is 29.6 Å². The van der Waals surface area contributed by atoms with Gasteiger partial charge >= 0.3 is 6.03 Å². The van der Waals surface area contributed by atoms with Crippen molar-refractivity contribution in [1.29, 1.82) is 0 Å². The highest BCUT2D eigenvalue weighted by Gasteiger charge is 2.25. The van der Waals surface area contributed by atoms with Gasteiger partial charge in [-0.05, 0) is 19.1 Å². The van der Waals surface area contributed by atoms with Gasteiger partial charge in [-0.1, -0.05) is 34.7 Å². The molecule has 0 saturated carbocycles. The molecule has 9 heteroatoms. The highest BCUT2D eigenvalue weighted by atomic mass is 32.1. The third-order valence-electron chi connectivity index (χ3n) is 4.12. The van der Waals surface area contributed by atoms with E-state index >= 15 is 0 Å². The number of fused-ring (bicyclic) bond motifs is 1. The summed E-state index contributed by atoms with van der Waals surface area (Å²) in [5.41, 5.74) is 1.88. The number of thiazole rings is 1. The van der Waals surface area contributed by atoms with Gasteiger partial charge < -0.3 is 14.7 Å². The third-order valence-corrected chi connectivity index (χ3v) is 5.12. The molecule has 2 aromatic heterocycles. The Balaban J connectivity index is 1.41. The van der Waals surface area contributed by atoms with Crippen LogP contribution in [0.25, 0.3) is 0 Å². The first kappa shape index (κ1) is 17.2. The summed E-state index contributed by atoms with van der Waals surface area (Å²) in [6, 6.07) is 10.8. The van der Waals surface area contributed by atoms with Crippen molar-refractivity contribution in [3.63, 3.8) is 0 Å². The summed E-state index contributed by atoms with van der Waals surface area (Å²) in [4.78, 5) is 31.8. The van der Waals surface area contributed by atoms with Gasteiger partial charge in [0.05, 0.1) is 12.2 Å². The fourth-order valence-corrected chi connectivity index (χ4v) is 3.80. The van der Waals surface area contributed by atoms with Crippen LogP contribution in [0.15, 0.2) is 40.9 Å². The number of aromatic nitrogens is 2. The lowest BCUT2D eigenvalue weighted by molar-refractivity contribution is 0.101. The molecule has 1 aliphatic heterocycles. The molecule has 2 N–H and O–H groups in total. The molecule has 0 bridgehead atoms. The van der Waals surface area contributed by atoms with E-state index in [0.29, 0.717) is 30.4 Å². The normalized spacial score (nSPS) is 13.1. The van der Waals surface area contributed by atoms with Crippen molar-refractivity contribution in [2.24, 2.45) is 0 Å². The second-order valence-corrected chi connectivity index (χ2v) is 7.22. The zero-order valence-electron chi connectivity index (χ0n) is 14.6. The number of hydrogen-bond acceptors (Lipinski definition) is 6. The van der Waals surface area contributed by atoms with E-state index in [-0.39, 0.29) is 17.6 Å². The van der Waals surface area contributed by atoms with Crippen molar-refractivity contribution in [3.05, 3.63) is 58.4 Å².